The molecule has 1 rings (SSSR count). The van der Waals surface area contributed by atoms with Crippen molar-refractivity contribution in [1.29, 1.82) is 0 Å². The highest BCUT2D eigenvalue weighted by molar-refractivity contribution is 5.91. The molecule has 0 aliphatic carbocycles. The number of hydrogen-bond acceptors (Lipinski definition) is 3. The minimum atomic E-state index is -4.45. The molecule has 0 atom stereocenters. The summed E-state index contributed by atoms with van der Waals surface area (Å²) in [5.41, 5.74) is -0.583. The average molecular weight is 264 g/mol. The molecule has 0 aliphatic heterocycles. The normalized spacial score (nSPS) is 11.2. The lowest BCUT2D eigenvalue weighted by Crippen LogP contribution is -2.13. The van der Waals surface area contributed by atoms with E-state index in [9.17, 15) is 18.0 Å². The maximum Gasteiger partial charge on any atom is 0.393 e. The highest BCUT2D eigenvalue weighted by Crippen LogP contribution is 2.33. The lowest BCUT2D eigenvalue weighted by atomic mass is 10.1. The van der Waals surface area contributed by atoms with Crippen molar-refractivity contribution in [3.63, 3.8) is 0 Å². The summed E-state index contributed by atoms with van der Waals surface area (Å²) in [6, 6.07) is 2.04. The predicted molar refractivity (Wildman–Crippen MR) is 56.3 cm³/mol. The van der Waals surface area contributed by atoms with E-state index in [2.05, 4.69) is 0 Å². The SMILES string of the molecule is COc1cc(OC)c(C(=O)O)cc1CC(F)(F)F. The monoisotopic (exact) mass is 264 g/mol. The van der Waals surface area contributed by atoms with E-state index in [0.717, 1.165) is 12.1 Å². The zero-order valence-corrected chi connectivity index (χ0v) is 9.67. The van der Waals surface area contributed by atoms with Gasteiger partial charge in [-0.1, -0.05) is 0 Å². The van der Waals surface area contributed by atoms with Crippen molar-refractivity contribution in [2.24, 2.45) is 0 Å². The van der Waals surface area contributed by atoms with Gasteiger partial charge in [-0.05, 0) is 6.07 Å². The van der Waals surface area contributed by atoms with E-state index < -0.39 is 18.6 Å². The van der Waals surface area contributed by atoms with Crippen molar-refractivity contribution in [3.8, 4) is 11.5 Å². The fourth-order valence-corrected chi connectivity index (χ4v) is 1.49. The summed E-state index contributed by atoms with van der Waals surface area (Å²) in [7, 11) is 2.43. The summed E-state index contributed by atoms with van der Waals surface area (Å²) in [6.07, 6.45) is -5.71. The molecule has 0 unspecified atom stereocenters. The second kappa shape index (κ2) is 5.16. The van der Waals surface area contributed by atoms with Gasteiger partial charge in [0.2, 0.25) is 0 Å². The zero-order chi connectivity index (χ0) is 13.9. The number of methoxy groups -OCH3 is 2. The van der Waals surface area contributed by atoms with Crippen LogP contribution >= 0.6 is 0 Å². The van der Waals surface area contributed by atoms with Crippen LogP contribution in [-0.4, -0.2) is 31.5 Å². The minimum Gasteiger partial charge on any atom is -0.496 e. The van der Waals surface area contributed by atoms with Crippen molar-refractivity contribution >= 4 is 5.97 Å². The van der Waals surface area contributed by atoms with E-state index in [1.54, 1.807) is 0 Å². The predicted octanol–water partition coefficient (Wildman–Crippen LogP) is 2.51. The van der Waals surface area contributed by atoms with Crippen LogP contribution in [0.15, 0.2) is 12.1 Å². The Morgan fingerprint density at radius 1 is 1.22 bits per heavy atom. The Kier molecular flexibility index (Phi) is 4.05. The molecule has 0 saturated heterocycles. The van der Waals surface area contributed by atoms with Gasteiger partial charge in [0.15, 0.2) is 0 Å². The van der Waals surface area contributed by atoms with E-state index in [0.29, 0.717) is 0 Å². The molecule has 0 amide bonds. The number of hydrogen-bond donors (Lipinski definition) is 1. The molecule has 0 heterocycles. The molecule has 100 valence electrons. The quantitative estimate of drug-likeness (QED) is 0.907. The zero-order valence-electron chi connectivity index (χ0n) is 9.67. The standard InChI is InChI=1S/C11H11F3O4/c1-17-8-4-9(18-2)7(10(15)16)3-6(8)5-11(12,13)14/h3-4H,5H2,1-2H3,(H,15,16). The Labute approximate surface area is 101 Å². The molecule has 0 aliphatic rings. The number of halogens is 3. The smallest absolute Gasteiger partial charge is 0.393 e. The van der Waals surface area contributed by atoms with E-state index in [1.165, 1.54) is 14.2 Å². The number of benzene rings is 1. The second-order valence-electron chi connectivity index (χ2n) is 3.46. The van der Waals surface area contributed by atoms with Crippen LogP contribution in [0.5, 0.6) is 11.5 Å². The van der Waals surface area contributed by atoms with Crippen molar-refractivity contribution in [3.05, 3.63) is 23.3 Å². The summed E-state index contributed by atoms with van der Waals surface area (Å²) in [6.45, 7) is 0. The Balaban J connectivity index is 3.32. The first kappa shape index (κ1) is 14.1. The molecule has 0 spiro atoms. The summed E-state index contributed by atoms with van der Waals surface area (Å²) in [5.74, 6) is -1.47. The van der Waals surface area contributed by atoms with Gasteiger partial charge >= 0.3 is 12.1 Å². The van der Waals surface area contributed by atoms with Gasteiger partial charge in [0, 0.05) is 11.6 Å². The van der Waals surface area contributed by atoms with Crippen LogP contribution < -0.4 is 9.47 Å². The summed E-state index contributed by atoms with van der Waals surface area (Å²) >= 11 is 0. The molecular weight excluding hydrogens is 253 g/mol. The Bertz CT molecular complexity index is 454. The van der Waals surface area contributed by atoms with Crippen molar-refractivity contribution in [2.75, 3.05) is 14.2 Å². The first-order valence-corrected chi connectivity index (χ1v) is 4.83. The number of carboxylic acid groups (broad SMARTS) is 1. The molecule has 4 nitrogen and oxygen atoms in total. The topological polar surface area (TPSA) is 55.8 Å². The number of ether oxygens (including phenoxy) is 2. The molecule has 1 aromatic carbocycles. The lowest BCUT2D eigenvalue weighted by molar-refractivity contribution is -0.127. The van der Waals surface area contributed by atoms with Gasteiger partial charge in [0.05, 0.1) is 20.6 Å². The molecule has 0 saturated carbocycles. The van der Waals surface area contributed by atoms with E-state index >= 15 is 0 Å². The molecule has 0 aromatic heterocycles. The third-order valence-electron chi connectivity index (χ3n) is 2.22. The molecule has 0 bridgehead atoms. The third kappa shape index (κ3) is 3.28. The van der Waals surface area contributed by atoms with Crippen LogP contribution in [0, 0.1) is 0 Å². The number of carboxylic acids is 1. The van der Waals surface area contributed by atoms with Gasteiger partial charge in [-0.3, -0.25) is 0 Å². The third-order valence-corrected chi connectivity index (χ3v) is 2.22. The van der Waals surface area contributed by atoms with Gasteiger partial charge in [-0.2, -0.15) is 13.2 Å². The van der Waals surface area contributed by atoms with Crippen LogP contribution in [0.4, 0.5) is 13.2 Å². The average Bonchev–Trinajstić information content (AvgIpc) is 2.26. The van der Waals surface area contributed by atoms with Crippen molar-refractivity contribution in [1.82, 2.24) is 0 Å². The van der Waals surface area contributed by atoms with Crippen molar-refractivity contribution in [2.45, 2.75) is 12.6 Å². The van der Waals surface area contributed by atoms with Crippen LogP contribution in [0.3, 0.4) is 0 Å². The fourth-order valence-electron chi connectivity index (χ4n) is 1.49. The van der Waals surface area contributed by atoms with Gasteiger partial charge in [0.25, 0.3) is 0 Å². The highest BCUT2D eigenvalue weighted by Gasteiger charge is 2.30. The Morgan fingerprint density at radius 2 is 1.78 bits per heavy atom. The minimum absolute atomic E-state index is 0.0507. The summed E-state index contributed by atoms with van der Waals surface area (Å²) in [5, 5.41) is 8.88. The molecule has 1 N–H and O–H groups in total. The van der Waals surface area contributed by atoms with E-state index in [-0.39, 0.29) is 22.6 Å². The highest BCUT2D eigenvalue weighted by atomic mass is 19.4. The van der Waals surface area contributed by atoms with Crippen molar-refractivity contribution < 1.29 is 32.5 Å². The molecule has 7 heteroatoms. The number of alkyl halides is 3. The Morgan fingerprint density at radius 3 is 2.17 bits per heavy atom. The second-order valence-corrected chi connectivity index (χ2v) is 3.46. The lowest BCUT2D eigenvalue weighted by Gasteiger charge is -2.14. The molecule has 1 aromatic rings. The Hall–Kier alpha value is -1.92. The van der Waals surface area contributed by atoms with Gasteiger partial charge < -0.3 is 14.6 Å². The van der Waals surface area contributed by atoms with Crippen LogP contribution in [0.1, 0.15) is 15.9 Å². The number of aromatic carboxylic acids is 1. The first-order chi connectivity index (χ1) is 8.28. The summed E-state index contributed by atoms with van der Waals surface area (Å²) < 4.78 is 46.6. The number of rotatable bonds is 4. The maximum absolute atomic E-state index is 12.3. The first-order valence-electron chi connectivity index (χ1n) is 4.83. The van der Waals surface area contributed by atoms with E-state index in [4.69, 9.17) is 14.6 Å². The molecule has 0 radical (unpaired) electrons. The maximum atomic E-state index is 12.3. The molecule has 0 fully saturated rings. The van der Waals surface area contributed by atoms with Crippen LogP contribution in [0.25, 0.3) is 0 Å². The van der Waals surface area contributed by atoms with Gasteiger partial charge in [-0.15, -0.1) is 0 Å². The van der Waals surface area contributed by atoms with E-state index in [1.807, 2.05) is 0 Å². The molecular formula is C11H11F3O4. The fraction of sp³-hybridized carbons (Fsp3) is 0.364. The number of carbonyl (C=O) groups is 1. The largest absolute Gasteiger partial charge is 0.496 e. The van der Waals surface area contributed by atoms with Gasteiger partial charge in [-0.25, -0.2) is 4.79 Å². The van der Waals surface area contributed by atoms with Gasteiger partial charge in [0.1, 0.15) is 17.1 Å². The van der Waals surface area contributed by atoms with Crippen LogP contribution in [0.2, 0.25) is 0 Å². The molecule has 18 heavy (non-hydrogen) atoms. The summed E-state index contributed by atoms with van der Waals surface area (Å²) in [4.78, 5) is 10.9. The van der Waals surface area contributed by atoms with Crippen LogP contribution in [-0.2, 0) is 6.42 Å².